The molecule has 0 bridgehead atoms. The molecule has 5 aliphatic carbocycles. The molecule has 0 saturated heterocycles. The second kappa shape index (κ2) is 10.6. The summed E-state index contributed by atoms with van der Waals surface area (Å²) in [6.07, 6.45) is 16.6. The molecule has 0 aliphatic heterocycles. The highest BCUT2D eigenvalue weighted by molar-refractivity contribution is 6.06. The lowest BCUT2D eigenvalue weighted by atomic mass is 9.34. The van der Waals surface area contributed by atoms with Crippen LogP contribution in [0.5, 0.6) is 0 Å². The Hall–Kier alpha value is -3.42. The molecule has 1 N–H and O–H groups in total. The minimum absolute atomic E-state index is 0.0255. The molecule has 8 heteroatoms. The standard InChI is InChI=1S/C37H48N2O6/c1-23-25-9-10-28-35(4,26(25)19-27(40)30(23)41)14-16-37(6)29-20-34(3,12-11-33(29,2)13-15-36(28,37)5)32(43)45-18-8-17-39-22-24(21-38-39)31(42)44-7/h9-10,19,21-22,29,41H,8,11-18,20H2,1-7H3/t29-,33-,34-,35+,36-,37+/m1/s1. The van der Waals surface area contributed by atoms with Crippen molar-refractivity contribution in [1.29, 1.82) is 0 Å². The summed E-state index contributed by atoms with van der Waals surface area (Å²) < 4.78 is 12.3. The van der Waals surface area contributed by atoms with Crippen LogP contribution in [-0.4, -0.2) is 46.3 Å². The summed E-state index contributed by atoms with van der Waals surface area (Å²) in [7, 11) is 1.34. The number of aryl methyl sites for hydroxylation is 1. The number of hydrogen-bond acceptors (Lipinski definition) is 7. The molecule has 0 unspecified atom stereocenters. The van der Waals surface area contributed by atoms with E-state index >= 15 is 0 Å². The molecule has 6 atom stereocenters. The van der Waals surface area contributed by atoms with E-state index in [1.54, 1.807) is 17.0 Å². The zero-order valence-corrected chi connectivity index (χ0v) is 27.9. The van der Waals surface area contributed by atoms with E-state index < -0.39 is 11.4 Å². The molecule has 1 heterocycles. The molecule has 0 aromatic carbocycles. The molecule has 3 saturated carbocycles. The molecule has 5 aliphatic rings. The number of aromatic nitrogens is 2. The van der Waals surface area contributed by atoms with Gasteiger partial charge in [-0.2, -0.15) is 5.10 Å². The minimum atomic E-state index is -0.554. The highest BCUT2D eigenvalue weighted by atomic mass is 16.5. The number of ketones is 1. The van der Waals surface area contributed by atoms with Gasteiger partial charge in [-0.1, -0.05) is 45.4 Å². The van der Waals surface area contributed by atoms with E-state index in [1.807, 2.05) is 6.92 Å². The van der Waals surface area contributed by atoms with E-state index in [0.717, 1.165) is 56.1 Å². The molecule has 0 spiro atoms. The number of aliphatic hydroxyl groups excluding tert-OH is 1. The zero-order chi connectivity index (χ0) is 32.6. The van der Waals surface area contributed by atoms with Crippen molar-refractivity contribution in [3.8, 4) is 0 Å². The lowest BCUT2D eigenvalue weighted by Crippen LogP contribution is -2.62. The number of nitrogens with zero attached hydrogens (tertiary/aromatic N) is 2. The lowest BCUT2D eigenvalue weighted by molar-refractivity contribution is -0.182. The molecule has 0 amide bonds. The van der Waals surface area contributed by atoms with Gasteiger partial charge in [0, 0.05) is 30.2 Å². The Kier molecular flexibility index (Phi) is 7.41. The summed E-state index contributed by atoms with van der Waals surface area (Å²) in [5, 5.41) is 14.6. The summed E-state index contributed by atoms with van der Waals surface area (Å²) in [6.45, 7) is 14.4. The summed E-state index contributed by atoms with van der Waals surface area (Å²) in [5.41, 5.74) is 3.70. The van der Waals surface area contributed by atoms with Crippen molar-refractivity contribution in [3.05, 3.63) is 64.2 Å². The summed E-state index contributed by atoms with van der Waals surface area (Å²) in [6, 6.07) is 0. The third-order valence-electron chi connectivity index (χ3n) is 13.2. The number of allylic oxidation sites excluding steroid dienone is 7. The Balaban J connectivity index is 1.21. The molecule has 6 rings (SSSR count). The minimum Gasteiger partial charge on any atom is -0.504 e. The summed E-state index contributed by atoms with van der Waals surface area (Å²) >= 11 is 0. The van der Waals surface area contributed by atoms with Crippen molar-refractivity contribution in [2.75, 3.05) is 13.7 Å². The quantitative estimate of drug-likeness (QED) is 0.265. The number of carbonyl (C=O) groups is 3. The first-order valence-electron chi connectivity index (χ1n) is 16.5. The average Bonchev–Trinajstić information content (AvgIpc) is 3.49. The highest BCUT2D eigenvalue weighted by Crippen LogP contribution is 2.75. The van der Waals surface area contributed by atoms with Crippen molar-refractivity contribution in [1.82, 2.24) is 9.78 Å². The fourth-order valence-corrected chi connectivity index (χ4v) is 9.92. The monoisotopic (exact) mass is 616 g/mol. The van der Waals surface area contributed by atoms with Crippen LogP contribution < -0.4 is 0 Å². The maximum absolute atomic E-state index is 13.7. The number of aliphatic hydroxyl groups is 1. The van der Waals surface area contributed by atoms with Crippen molar-refractivity contribution < 1.29 is 29.0 Å². The van der Waals surface area contributed by atoms with Crippen LogP contribution >= 0.6 is 0 Å². The van der Waals surface area contributed by atoms with Gasteiger partial charge in [0.1, 0.15) is 0 Å². The second-order valence-corrected chi connectivity index (χ2v) is 15.6. The normalized spacial score (nSPS) is 37.3. The topological polar surface area (TPSA) is 108 Å². The number of ether oxygens (including phenoxy) is 2. The van der Waals surface area contributed by atoms with Gasteiger partial charge in [-0.25, -0.2) is 4.79 Å². The van der Waals surface area contributed by atoms with Gasteiger partial charge in [0.15, 0.2) is 5.76 Å². The van der Waals surface area contributed by atoms with Crippen LogP contribution in [0.4, 0.5) is 0 Å². The van der Waals surface area contributed by atoms with E-state index in [-0.39, 0.29) is 39.2 Å². The number of methoxy groups -OCH3 is 1. The number of carbonyl (C=O) groups excluding carboxylic acids is 3. The highest BCUT2D eigenvalue weighted by Gasteiger charge is 2.67. The number of rotatable bonds is 6. The largest absolute Gasteiger partial charge is 0.504 e. The summed E-state index contributed by atoms with van der Waals surface area (Å²) in [4.78, 5) is 38.2. The van der Waals surface area contributed by atoms with Gasteiger partial charge in [-0.15, -0.1) is 0 Å². The molecular formula is C37H48N2O6. The van der Waals surface area contributed by atoms with Gasteiger partial charge >= 0.3 is 11.9 Å². The van der Waals surface area contributed by atoms with Crippen LogP contribution in [0.3, 0.4) is 0 Å². The smallest absolute Gasteiger partial charge is 0.341 e. The fraction of sp³-hybridized carbons (Fsp3) is 0.622. The third-order valence-corrected chi connectivity index (χ3v) is 13.2. The van der Waals surface area contributed by atoms with Gasteiger partial charge in [0.2, 0.25) is 5.78 Å². The number of fused-ring (bicyclic) bond motifs is 7. The van der Waals surface area contributed by atoms with E-state index in [0.29, 0.717) is 36.6 Å². The van der Waals surface area contributed by atoms with E-state index in [2.05, 4.69) is 51.9 Å². The van der Waals surface area contributed by atoms with Crippen molar-refractivity contribution in [2.24, 2.45) is 33.0 Å². The first kappa shape index (κ1) is 31.6. The van der Waals surface area contributed by atoms with Gasteiger partial charge in [-0.3, -0.25) is 14.3 Å². The Morgan fingerprint density at radius 3 is 2.51 bits per heavy atom. The Labute approximate surface area is 266 Å². The molecule has 242 valence electrons. The van der Waals surface area contributed by atoms with Crippen LogP contribution in [0.25, 0.3) is 0 Å². The first-order chi connectivity index (χ1) is 21.1. The van der Waals surface area contributed by atoms with Crippen LogP contribution in [0.2, 0.25) is 0 Å². The number of esters is 2. The maximum Gasteiger partial charge on any atom is 0.341 e. The Morgan fingerprint density at radius 1 is 1.04 bits per heavy atom. The molecule has 8 nitrogen and oxygen atoms in total. The first-order valence-corrected chi connectivity index (χ1v) is 16.5. The average molecular weight is 617 g/mol. The SMILES string of the molecule is COC(=O)c1cnn(CCCOC(=O)[C@]2(C)CC[C@]3(C)CC[C@]4(C)C5=CC=C6C(=CC(=O)C(O)=C6C)[C@]5(C)CC[C@@]4(C)[C@@H]3C2)c1. The fourth-order valence-electron chi connectivity index (χ4n) is 9.92. The predicted molar refractivity (Wildman–Crippen MR) is 170 cm³/mol. The van der Waals surface area contributed by atoms with E-state index in [1.165, 1.54) is 18.9 Å². The van der Waals surface area contributed by atoms with Crippen molar-refractivity contribution in [2.45, 2.75) is 99.5 Å². The van der Waals surface area contributed by atoms with Crippen molar-refractivity contribution >= 4 is 17.7 Å². The van der Waals surface area contributed by atoms with E-state index in [9.17, 15) is 19.5 Å². The van der Waals surface area contributed by atoms with Crippen LogP contribution in [0, 0.1) is 33.0 Å². The maximum atomic E-state index is 13.7. The van der Waals surface area contributed by atoms with Gasteiger partial charge in [0.05, 0.1) is 30.9 Å². The predicted octanol–water partition coefficient (Wildman–Crippen LogP) is 7.23. The summed E-state index contributed by atoms with van der Waals surface area (Å²) in [5.74, 6) is -0.634. The van der Waals surface area contributed by atoms with Gasteiger partial charge in [0.25, 0.3) is 0 Å². The van der Waals surface area contributed by atoms with Crippen LogP contribution in [0.15, 0.2) is 58.7 Å². The molecule has 0 radical (unpaired) electrons. The molecule has 3 fully saturated rings. The molecular weight excluding hydrogens is 568 g/mol. The molecule has 45 heavy (non-hydrogen) atoms. The van der Waals surface area contributed by atoms with Crippen molar-refractivity contribution in [3.63, 3.8) is 0 Å². The second-order valence-electron chi connectivity index (χ2n) is 15.6. The van der Waals surface area contributed by atoms with Gasteiger partial charge < -0.3 is 14.6 Å². The third kappa shape index (κ3) is 4.60. The Morgan fingerprint density at radius 2 is 1.78 bits per heavy atom. The van der Waals surface area contributed by atoms with Crippen LogP contribution in [-0.2, 0) is 25.6 Å². The number of hydrogen-bond donors (Lipinski definition) is 1. The molecule has 1 aromatic heterocycles. The zero-order valence-electron chi connectivity index (χ0n) is 27.9. The van der Waals surface area contributed by atoms with Gasteiger partial charge in [-0.05, 0) is 98.2 Å². The Bertz CT molecular complexity index is 1590. The van der Waals surface area contributed by atoms with E-state index in [4.69, 9.17) is 9.47 Å². The van der Waals surface area contributed by atoms with Crippen LogP contribution in [0.1, 0.15) is 103 Å². The molecule has 1 aromatic rings. The lowest BCUT2D eigenvalue weighted by Gasteiger charge is -2.70.